The van der Waals surface area contributed by atoms with Crippen molar-refractivity contribution in [3.05, 3.63) is 0 Å². The maximum atomic E-state index is 11.9. The number of carboxylic acid groups (broad SMARTS) is 1. The quantitative estimate of drug-likeness (QED) is 0.537. The minimum absolute atomic E-state index is 0.00816. The fourth-order valence-electron chi connectivity index (χ4n) is 1.58. The Morgan fingerprint density at radius 1 is 1.00 bits per heavy atom. The Morgan fingerprint density at radius 2 is 1.67 bits per heavy atom. The summed E-state index contributed by atoms with van der Waals surface area (Å²) in [6, 6.07) is -0.497. The van der Waals surface area contributed by atoms with Crippen LogP contribution in [0, 0.1) is 0 Å². The first-order valence-electron chi connectivity index (χ1n) is 6.79. The van der Waals surface area contributed by atoms with Crippen molar-refractivity contribution < 1.29 is 29.0 Å². The molecule has 0 rings (SSSR count). The number of ether oxygens (including phenoxy) is 2. The van der Waals surface area contributed by atoms with Crippen molar-refractivity contribution >= 4 is 17.9 Å². The zero-order chi connectivity index (χ0) is 16.1. The Balaban J connectivity index is 4.17. The zero-order valence-corrected chi connectivity index (χ0v) is 12.6. The molecule has 0 aromatic carbocycles. The van der Waals surface area contributed by atoms with E-state index in [-0.39, 0.29) is 19.3 Å². The molecule has 0 atom stereocenters. The second-order valence-corrected chi connectivity index (χ2v) is 4.43. The number of rotatable bonds is 11. The van der Waals surface area contributed by atoms with Crippen LogP contribution in [0.5, 0.6) is 0 Å². The topological polar surface area (TPSA) is 105 Å². The van der Waals surface area contributed by atoms with E-state index in [2.05, 4.69) is 5.32 Å². The molecule has 122 valence electrons. The lowest BCUT2D eigenvalue weighted by Crippen LogP contribution is -2.44. The van der Waals surface area contributed by atoms with Gasteiger partial charge in [0.25, 0.3) is 0 Å². The minimum Gasteiger partial charge on any atom is -0.481 e. The minimum atomic E-state index is -0.963. The Kier molecular flexibility index (Phi) is 11.1. The fourth-order valence-corrected chi connectivity index (χ4v) is 1.58. The van der Waals surface area contributed by atoms with Crippen LogP contribution >= 0.6 is 0 Å². The lowest BCUT2D eigenvalue weighted by atomic mass is 10.2. The first-order chi connectivity index (χ1) is 10.0. The second kappa shape index (κ2) is 12.1. The van der Waals surface area contributed by atoms with E-state index in [1.165, 1.54) is 12.0 Å². The molecule has 2 N–H and O–H groups in total. The third-order valence-corrected chi connectivity index (χ3v) is 2.67. The summed E-state index contributed by atoms with van der Waals surface area (Å²) in [6.45, 7) is 1.71. The number of nitrogens with zero attached hydrogens (tertiary/aromatic N) is 1. The van der Waals surface area contributed by atoms with Gasteiger partial charge < -0.3 is 19.5 Å². The summed E-state index contributed by atoms with van der Waals surface area (Å²) >= 11 is 0. The second-order valence-electron chi connectivity index (χ2n) is 4.43. The molecule has 0 bridgehead atoms. The Morgan fingerprint density at radius 3 is 2.24 bits per heavy atom. The molecule has 0 aromatic rings. The summed E-state index contributed by atoms with van der Waals surface area (Å²) in [5.74, 6) is -1.44. The number of hydrogen-bond acceptors (Lipinski definition) is 5. The average Bonchev–Trinajstić information content (AvgIpc) is 2.42. The first kappa shape index (κ1) is 19.3. The van der Waals surface area contributed by atoms with Crippen molar-refractivity contribution in [2.24, 2.45) is 0 Å². The van der Waals surface area contributed by atoms with E-state index >= 15 is 0 Å². The Labute approximate surface area is 124 Å². The van der Waals surface area contributed by atoms with E-state index in [0.717, 1.165) is 0 Å². The monoisotopic (exact) mass is 304 g/mol. The van der Waals surface area contributed by atoms with E-state index in [1.807, 2.05) is 0 Å². The van der Waals surface area contributed by atoms with Crippen molar-refractivity contribution in [3.8, 4) is 0 Å². The largest absolute Gasteiger partial charge is 0.481 e. The van der Waals surface area contributed by atoms with Gasteiger partial charge in [0.2, 0.25) is 5.91 Å². The number of carboxylic acids is 1. The number of imide groups is 1. The van der Waals surface area contributed by atoms with Gasteiger partial charge >= 0.3 is 12.0 Å². The van der Waals surface area contributed by atoms with Gasteiger partial charge in [-0.25, -0.2) is 4.79 Å². The number of aliphatic carboxylic acids is 1. The summed E-state index contributed by atoms with van der Waals surface area (Å²) < 4.78 is 9.84. The molecule has 0 unspecified atom stereocenters. The van der Waals surface area contributed by atoms with Crippen molar-refractivity contribution in [1.29, 1.82) is 0 Å². The molecular formula is C13H24N2O6. The highest BCUT2D eigenvalue weighted by Crippen LogP contribution is 1.98. The Hall–Kier alpha value is -1.67. The normalized spacial score (nSPS) is 10.2. The van der Waals surface area contributed by atoms with Gasteiger partial charge in [-0.3, -0.25) is 14.9 Å². The molecule has 0 aliphatic heterocycles. The van der Waals surface area contributed by atoms with E-state index in [0.29, 0.717) is 32.7 Å². The standard InChI is InChI=1S/C13H24N2O6/c1-20-9-4-7-15(8-10-21-2)13(19)14-11(16)5-3-6-12(17)18/h3-10H2,1-2H3,(H,17,18)(H,14,16,19). The molecule has 0 aromatic heterocycles. The predicted molar refractivity (Wildman–Crippen MR) is 75.0 cm³/mol. The van der Waals surface area contributed by atoms with Gasteiger partial charge in [-0.15, -0.1) is 0 Å². The van der Waals surface area contributed by atoms with Crippen LogP contribution < -0.4 is 5.32 Å². The molecule has 21 heavy (non-hydrogen) atoms. The van der Waals surface area contributed by atoms with Gasteiger partial charge in [0.05, 0.1) is 6.61 Å². The van der Waals surface area contributed by atoms with E-state index in [9.17, 15) is 14.4 Å². The van der Waals surface area contributed by atoms with Gasteiger partial charge in [-0.2, -0.15) is 0 Å². The molecule has 0 aliphatic rings. The van der Waals surface area contributed by atoms with Crippen molar-refractivity contribution in [3.63, 3.8) is 0 Å². The molecule has 8 heteroatoms. The number of urea groups is 1. The number of amides is 3. The van der Waals surface area contributed by atoms with Gasteiger partial charge in [-0.05, 0) is 12.8 Å². The van der Waals surface area contributed by atoms with Crippen LogP contribution in [0.4, 0.5) is 4.79 Å². The number of carbonyl (C=O) groups excluding carboxylic acids is 2. The third kappa shape index (κ3) is 10.7. The summed E-state index contributed by atoms with van der Waals surface area (Å²) in [6.07, 6.45) is 0.772. The number of nitrogens with one attached hydrogen (secondary N) is 1. The molecule has 8 nitrogen and oxygen atoms in total. The number of carbonyl (C=O) groups is 3. The maximum absolute atomic E-state index is 11.9. The van der Waals surface area contributed by atoms with E-state index in [1.54, 1.807) is 7.11 Å². The Bertz CT molecular complexity index is 335. The van der Waals surface area contributed by atoms with Crippen LogP contribution in [-0.2, 0) is 19.1 Å². The van der Waals surface area contributed by atoms with Crippen molar-refractivity contribution in [2.75, 3.05) is 40.5 Å². The molecule has 3 amide bonds. The lowest BCUT2D eigenvalue weighted by molar-refractivity contribution is -0.137. The van der Waals surface area contributed by atoms with Gasteiger partial charge in [-0.1, -0.05) is 0 Å². The first-order valence-corrected chi connectivity index (χ1v) is 6.79. The predicted octanol–water partition coefficient (Wildman–Crippen LogP) is 0.462. The molecular weight excluding hydrogens is 280 g/mol. The van der Waals surface area contributed by atoms with Gasteiger partial charge in [0, 0.05) is 46.8 Å². The van der Waals surface area contributed by atoms with Crippen molar-refractivity contribution in [2.45, 2.75) is 25.7 Å². The van der Waals surface area contributed by atoms with E-state index in [4.69, 9.17) is 14.6 Å². The van der Waals surface area contributed by atoms with Crippen LogP contribution in [0.25, 0.3) is 0 Å². The van der Waals surface area contributed by atoms with Crippen LogP contribution in [-0.4, -0.2) is 68.4 Å². The molecule has 0 radical (unpaired) electrons. The van der Waals surface area contributed by atoms with Gasteiger partial charge in [0.1, 0.15) is 0 Å². The zero-order valence-electron chi connectivity index (χ0n) is 12.6. The summed E-state index contributed by atoms with van der Waals surface area (Å²) in [7, 11) is 3.10. The van der Waals surface area contributed by atoms with Crippen LogP contribution in [0.2, 0.25) is 0 Å². The molecule has 0 spiro atoms. The van der Waals surface area contributed by atoms with Crippen LogP contribution in [0.1, 0.15) is 25.7 Å². The summed E-state index contributed by atoms with van der Waals surface area (Å²) in [4.78, 5) is 35.3. The number of hydrogen-bond donors (Lipinski definition) is 2. The fraction of sp³-hybridized carbons (Fsp3) is 0.769. The number of methoxy groups -OCH3 is 2. The highest BCUT2D eigenvalue weighted by molar-refractivity contribution is 5.94. The van der Waals surface area contributed by atoms with E-state index < -0.39 is 17.9 Å². The summed E-state index contributed by atoms with van der Waals surface area (Å²) in [5, 5.41) is 10.7. The smallest absolute Gasteiger partial charge is 0.324 e. The maximum Gasteiger partial charge on any atom is 0.324 e. The van der Waals surface area contributed by atoms with Gasteiger partial charge in [0.15, 0.2) is 0 Å². The highest BCUT2D eigenvalue weighted by atomic mass is 16.5. The summed E-state index contributed by atoms with van der Waals surface area (Å²) in [5.41, 5.74) is 0. The third-order valence-electron chi connectivity index (χ3n) is 2.67. The lowest BCUT2D eigenvalue weighted by Gasteiger charge is -2.22. The molecule has 0 saturated carbocycles. The average molecular weight is 304 g/mol. The SMILES string of the molecule is COCCCN(CCOC)C(=O)NC(=O)CCCC(=O)O. The molecule has 0 heterocycles. The van der Waals surface area contributed by atoms with Crippen LogP contribution in [0.3, 0.4) is 0 Å². The molecule has 0 aliphatic carbocycles. The molecule has 0 fully saturated rings. The van der Waals surface area contributed by atoms with Crippen LogP contribution in [0.15, 0.2) is 0 Å². The van der Waals surface area contributed by atoms with Crippen molar-refractivity contribution in [1.82, 2.24) is 10.2 Å². The molecule has 0 saturated heterocycles. The highest BCUT2D eigenvalue weighted by Gasteiger charge is 2.15.